The smallest absolute Gasteiger partial charge is 0.227 e. The van der Waals surface area contributed by atoms with Crippen molar-refractivity contribution in [2.45, 2.75) is 38.8 Å². The molecular weight excluding hydrogens is 394 g/mol. The first-order valence-corrected chi connectivity index (χ1v) is 10.8. The predicted octanol–water partition coefficient (Wildman–Crippen LogP) is 2.11. The average Bonchev–Trinajstić information content (AvgIpc) is 3.01. The number of rotatable bonds is 4. The molecule has 2 aromatic rings. The monoisotopic (exact) mass is 423 g/mol. The Kier molecular flexibility index (Phi) is 6.34. The summed E-state index contributed by atoms with van der Waals surface area (Å²) < 4.78 is 5.16. The SMILES string of the molecule is COc1ccnc(N[C@H]2CC[C@@H](C(=O)N3CCc4ccccc4C3)CN(C(C)=O)C2)n1. The van der Waals surface area contributed by atoms with E-state index in [4.69, 9.17) is 4.74 Å². The van der Waals surface area contributed by atoms with Gasteiger partial charge in [-0.3, -0.25) is 9.59 Å². The third kappa shape index (κ3) is 4.95. The van der Waals surface area contributed by atoms with Gasteiger partial charge in [-0.2, -0.15) is 4.98 Å². The van der Waals surface area contributed by atoms with Crippen molar-refractivity contribution in [1.29, 1.82) is 0 Å². The molecule has 0 radical (unpaired) electrons. The van der Waals surface area contributed by atoms with E-state index in [2.05, 4.69) is 27.4 Å². The van der Waals surface area contributed by atoms with Gasteiger partial charge in [0.05, 0.1) is 13.0 Å². The molecule has 8 nitrogen and oxygen atoms in total. The van der Waals surface area contributed by atoms with Crippen LogP contribution in [0.25, 0.3) is 0 Å². The highest BCUT2D eigenvalue weighted by atomic mass is 16.5. The average molecular weight is 424 g/mol. The van der Waals surface area contributed by atoms with Crippen molar-refractivity contribution < 1.29 is 14.3 Å². The van der Waals surface area contributed by atoms with E-state index in [9.17, 15) is 9.59 Å². The first-order chi connectivity index (χ1) is 15.0. The highest BCUT2D eigenvalue weighted by Gasteiger charge is 2.33. The van der Waals surface area contributed by atoms with Crippen LogP contribution in [0.4, 0.5) is 5.95 Å². The molecule has 1 saturated heterocycles. The molecule has 1 fully saturated rings. The number of likely N-dealkylation sites (tertiary alicyclic amines) is 1. The van der Waals surface area contributed by atoms with Crippen LogP contribution in [0.2, 0.25) is 0 Å². The van der Waals surface area contributed by atoms with E-state index < -0.39 is 0 Å². The van der Waals surface area contributed by atoms with E-state index in [0.29, 0.717) is 37.9 Å². The lowest BCUT2D eigenvalue weighted by Crippen LogP contribution is -2.44. The van der Waals surface area contributed by atoms with Crippen molar-refractivity contribution in [3.63, 3.8) is 0 Å². The van der Waals surface area contributed by atoms with Crippen LogP contribution >= 0.6 is 0 Å². The van der Waals surface area contributed by atoms with Crippen LogP contribution in [0.15, 0.2) is 36.5 Å². The minimum absolute atomic E-state index is 0.0259. The molecule has 0 aliphatic carbocycles. The summed E-state index contributed by atoms with van der Waals surface area (Å²) in [5.41, 5.74) is 2.54. The summed E-state index contributed by atoms with van der Waals surface area (Å²) in [4.78, 5) is 37.9. The molecule has 2 amide bonds. The second kappa shape index (κ2) is 9.32. The van der Waals surface area contributed by atoms with Gasteiger partial charge in [0, 0.05) is 51.4 Å². The molecule has 4 rings (SSSR count). The number of hydrogen-bond donors (Lipinski definition) is 1. The fourth-order valence-electron chi connectivity index (χ4n) is 4.42. The van der Waals surface area contributed by atoms with Gasteiger partial charge in [0.2, 0.25) is 23.6 Å². The number of aromatic nitrogens is 2. The van der Waals surface area contributed by atoms with Gasteiger partial charge < -0.3 is 19.9 Å². The van der Waals surface area contributed by atoms with Crippen LogP contribution in [-0.4, -0.2) is 64.4 Å². The number of ether oxygens (including phenoxy) is 1. The van der Waals surface area contributed by atoms with Crippen molar-refractivity contribution in [2.24, 2.45) is 5.92 Å². The van der Waals surface area contributed by atoms with Gasteiger partial charge in [0.15, 0.2) is 0 Å². The van der Waals surface area contributed by atoms with Gasteiger partial charge in [0.1, 0.15) is 0 Å². The standard InChI is InChI=1S/C23H29N5O3/c1-16(29)28-14-19(22(30)27-12-10-17-5-3-4-6-18(17)13-27)7-8-20(15-28)25-23-24-11-9-21(26-23)31-2/h3-6,9,11,19-20H,7-8,10,12-15H2,1-2H3,(H,24,25,26)/t19-,20+/m1/s1. The van der Waals surface area contributed by atoms with Gasteiger partial charge in [-0.1, -0.05) is 24.3 Å². The third-order valence-corrected chi connectivity index (χ3v) is 6.15. The lowest BCUT2D eigenvalue weighted by molar-refractivity contribution is -0.138. The normalized spacial score (nSPS) is 21.1. The lowest BCUT2D eigenvalue weighted by Gasteiger charge is -2.32. The van der Waals surface area contributed by atoms with E-state index in [-0.39, 0.29) is 23.8 Å². The lowest BCUT2D eigenvalue weighted by atomic mass is 9.96. The molecule has 0 bridgehead atoms. The van der Waals surface area contributed by atoms with Crippen molar-refractivity contribution in [2.75, 3.05) is 32.1 Å². The van der Waals surface area contributed by atoms with Crippen LogP contribution < -0.4 is 10.1 Å². The Bertz CT molecular complexity index is 950. The number of benzene rings is 1. The number of amides is 2. The molecule has 0 saturated carbocycles. The van der Waals surface area contributed by atoms with Gasteiger partial charge in [0.25, 0.3) is 0 Å². The Morgan fingerprint density at radius 1 is 1.10 bits per heavy atom. The summed E-state index contributed by atoms with van der Waals surface area (Å²) in [6, 6.07) is 9.95. The molecular formula is C23H29N5O3. The topological polar surface area (TPSA) is 87.7 Å². The number of carbonyl (C=O) groups excluding carboxylic acids is 2. The first kappa shape index (κ1) is 21.1. The van der Waals surface area contributed by atoms with E-state index in [1.807, 2.05) is 17.0 Å². The molecule has 0 spiro atoms. The number of fused-ring (bicyclic) bond motifs is 1. The van der Waals surface area contributed by atoms with Crippen LogP contribution in [0.5, 0.6) is 5.88 Å². The number of hydrogen-bond acceptors (Lipinski definition) is 6. The van der Waals surface area contributed by atoms with Gasteiger partial charge >= 0.3 is 0 Å². The number of methoxy groups -OCH3 is 1. The Morgan fingerprint density at radius 3 is 2.68 bits per heavy atom. The molecule has 0 unspecified atom stereocenters. The highest BCUT2D eigenvalue weighted by molar-refractivity contribution is 5.81. The largest absolute Gasteiger partial charge is 0.481 e. The molecule has 1 aromatic carbocycles. The fourth-order valence-corrected chi connectivity index (χ4v) is 4.42. The van der Waals surface area contributed by atoms with Crippen LogP contribution in [0.3, 0.4) is 0 Å². The number of carbonyl (C=O) groups is 2. The molecule has 2 aliphatic heterocycles. The number of nitrogens with one attached hydrogen (secondary N) is 1. The fraction of sp³-hybridized carbons (Fsp3) is 0.478. The molecule has 3 heterocycles. The summed E-state index contributed by atoms with van der Waals surface area (Å²) in [6.45, 7) is 3.89. The minimum atomic E-state index is -0.202. The second-order valence-electron chi connectivity index (χ2n) is 8.24. The summed E-state index contributed by atoms with van der Waals surface area (Å²) in [5.74, 6) is 0.853. The Hall–Kier alpha value is -3.16. The zero-order valence-electron chi connectivity index (χ0n) is 18.1. The number of anilines is 1. The molecule has 2 aliphatic rings. The second-order valence-corrected chi connectivity index (χ2v) is 8.24. The zero-order chi connectivity index (χ0) is 21.8. The molecule has 8 heteroatoms. The summed E-state index contributed by atoms with van der Waals surface area (Å²) in [7, 11) is 1.56. The van der Waals surface area contributed by atoms with E-state index in [1.165, 1.54) is 11.1 Å². The molecule has 2 atom stereocenters. The van der Waals surface area contributed by atoms with Crippen molar-refractivity contribution in [1.82, 2.24) is 19.8 Å². The van der Waals surface area contributed by atoms with E-state index in [1.54, 1.807) is 31.2 Å². The van der Waals surface area contributed by atoms with Gasteiger partial charge in [-0.05, 0) is 30.4 Å². The van der Waals surface area contributed by atoms with Crippen molar-refractivity contribution in [3.8, 4) is 5.88 Å². The Morgan fingerprint density at radius 2 is 1.90 bits per heavy atom. The van der Waals surface area contributed by atoms with Gasteiger partial charge in [-0.25, -0.2) is 4.98 Å². The quantitative estimate of drug-likeness (QED) is 0.811. The van der Waals surface area contributed by atoms with E-state index in [0.717, 1.165) is 19.4 Å². The summed E-state index contributed by atoms with van der Waals surface area (Å²) >= 11 is 0. The molecule has 1 aromatic heterocycles. The van der Waals surface area contributed by atoms with E-state index >= 15 is 0 Å². The zero-order valence-corrected chi connectivity index (χ0v) is 18.1. The van der Waals surface area contributed by atoms with Crippen LogP contribution in [0.1, 0.15) is 30.9 Å². The van der Waals surface area contributed by atoms with Crippen molar-refractivity contribution in [3.05, 3.63) is 47.7 Å². The maximum absolute atomic E-state index is 13.4. The maximum Gasteiger partial charge on any atom is 0.227 e. The summed E-state index contributed by atoms with van der Waals surface area (Å²) in [6.07, 6.45) is 3.98. The highest BCUT2D eigenvalue weighted by Crippen LogP contribution is 2.25. The molecule has 1 N–H and O–H groups in total. The van der Waals surface area contributed by atoms with Crippen molar-refractivity contribution >= 4 is 17.8 Å². The first-order valence-electron chi connectivity index (χ1n) is 10.8. The number of nitrogens with zero attached hydrogens (tertiary/aromatic N) is 4. The Labute approximate surface area is 182 Å². The van der Waals surface area contributed by atoms with Gasteiger partial charge in [-0.15, -0.1) is 0 Å². The Balaban J connectivity index is 1.45. The van der Waals surface area contributed by atoms with Crippen LogP contribution in [0, 0.1) is 5.92 Å². The van der Waals surface area contributed by atoms with Crippen LogP contribution in [-0.2, 0) is 22.6 Å². The maximum atomic E-state index is 13.4. The molecule has 164 valence electrons. The minimum Gasteiger partial charge on any atom is -0.481 e. The molecule has 31 heavy (non-hydrogen) atoms. The predicted molar refractivity (Wildman–Crippen MR) is 117 cm³/mol. The summed E-state index contributed by atoms with van der Waals surface area (Å²) in [5, 5.41) is 3.31. The third-order valence-electron chi connectivity index (χ3n) is 6.15.